The van der Waals surface area contributed by atoms with Crippen LogP contribution in [-0.2, 0) is 0 Å². The maximum atomic E-state index is 2.31. The Morgan fingerprint density at radius 3 is 2.62 bits per heavy atom. The summed E-state index contributed by atoms with van der Waals surface area (Å²) in [5, 5.41) is 1.48. The molecule has 50 valence electrons. The molecule has 0 unspecified atom stereocenters. The molecule has 8 heavy (non-hydrogen) atoms. The quantitative estimate of drug-likeness (QED) is 0.481. The van der Waals surface area contributed by atoms with Crippen LogP contribution < -0.4 is 0 Å². The molecule has 0 aromatic heterocycles. The Hall–Kier alpha value is 0.869. The van der Waals surface area contributed by atoms with Crippen molar-refractivity contribution in [1.82, 2.24) is 0 Å². The fraction of sp³-hybridized carbons (Fsp3) is 1.00. The first-order valence-corrected chi connectivity index (χ1v) is 7.21. The van der Waals surface area contributed by atoms with Crippen molar-refractivity contribution in [2.45, 2.75) is 24.0 Å². The van der Waals surface area contributed by atoms with E-state index >= 15 is 0 Å². The Morgan fingerprint density at radius 2 is 2.12 bits per heavy atom. The molecule has 0 fully saturated rings. The Labute approximate surface area is 63.0 Å². The van der Waals surface area contributed by atoms with Crippen molar-refractivity contribution in [2.24, 2.45) is 0 Å². The Balaban J connectivity index is 2.53. The van der Waals surface area contributed by atoms with Gasteiger partial charge < -0.3 is 0 Å². The van der Waals surface area contributed by atoms with E-state index < -0.39 is 0 Å². The molecule has 0 aliphatic carbocycles. The third kappa shape index (κ3) is 6.87. The number of thioether (sulfide) groups is 1. The van der Waals surface area contributed by atoms with Gasteiger partial charge in [0.15, 0.2) is 0 Å². The second kappa shape index (κ2) is 7.87. The number of hydrogen-bond donors (Lipinski definition) is 0. The van der Waals surface area contributed by atoms with Crippen molar-refractivity contribution in [3.63, 3.8) is 0 Å². The van der Waals surface area contributed by atoms with Crippen molar-refractivity contribution in [2.75, 3.05) is 12.0 Å². The van der Waals surface area contributed by atoms with E-state index in [9.17, 15) is 0 Å². The maximum absolute atomic E-state index is 2.31. The average Bonchev–Trinajstić information content (AvgIpc) is 1.81. The zero-order valence-electron chi connectivity index (χ0n) is 5.64. The van der Waals surface area contributed by atoms with Crippen LogP contribution >= 0.6 is 11.8 Å². The summed E-state index contributed by atoms with van der Waals surface area (Å²) in [4.78, 5) is 0. The summed E-state index contributed by atoms with van der Waals surface area (Å²) in [6.07, 6.45) is 5.06. The van der Waals surface area contributed by atoms with Gasteiger partial charge in [0.1, 0.15) is 0 Å². The third-order valence-corrected chi connectivity index (χ3v) is 3.11. The molecule has 0 saturated heterocycles. The van der Waals surface area contributed by atoms with Gasteiger partial charge in [0.2, 0.25) is 0 Å². The predicted molar refractivity (Wildman–Crippen MR) is 44.0 cm³/mol. The molecule has 0 radical (unpaired) electrons. The Morgan fingerprint density at radius 1 is 1.38 bits per heavy atom. The summed E-state index contributed by atoms with van der Waals surface area (Å²) in [6.45, 7) is 0. The fourth-order valence-corrected chi connectivity index (χ4v) is 2.02. The van der Waals surface area contributed by atoms with Crippen molar-refractivity contribution < 1.29 is 0 Å². The third-order valence-electron chi connectivity index (χ3n) is 0.947. The molecule has 2 heteroatoms. The van der Waals surface area contributed by atoms with E-state index in [0.717, 1.165) is 15.0 Å². The summed E-state index contributed by atoms with van der Waals surface area (Å²) in [6, 6.07) is 0. The number of unbranched alkanes of at least 4 members (excludes halogenated alkanes) is 1. The predicted octanol–water partition coefficient (Wildman–Crippen LogP) is 2.30. The van der Waals surface area contributed by atoms with Gasteiger partial charge in [0.25, 0.3) is 0 Å². The van der Waals surface area contributed by atoms with Crippen LogP contribution in [0.25, 0.3) is 0 Å². The van der Waals surface area contributed by atoms with E-state index in [0.29, 0.717) is 0 Å². The molecule has 0 spiro atoms. The molecule has 0 heterocycles. The second-order valence-electron chi connectivity index (χ2n) is 1.69. The monoisotopic (exact) mass is 198 g/mol. The van der Waals surface area contributed by atoms with Crippen LogP contribution in [0, 0.1) is 0 Å². The first-order chi connectivity index (χ1) is 3.91. The minimum absolute atomic E-state index is 0.915. The normalized spacial score (nSPS) is 9.75. The molecular weight excluding hydrogens is 183 g/mol. The van der Waals surface area contributed by atoms with Crippen molar-refractivity contribution in [3.05, 3.63) is 0 Å². The molecule has 0 rings (SSSR count). The van der Waals surface area contributed by atoms with E-state index in [4.69, 9.17) is 0 Å². The van der Waals surface area contributed by atoms with Crippen LogP contribution in [0.5, 0.6) is 0 Å². The van der Waals surface area contributed by atoms with Crippen molar-refractivity contribution in [1.29, 1.82) is 0 Å². The van der Waals surface area contributed by atoms with Gasteiger partial charge in [-0.1, -0.05) is 0 Å². The summed E-state index contributed by atoms with van der Waals surface area (Å²) >= 11 is 2.87. The van der Waals surface area contributed by atoms with Gasteiger partial charge in [0.05, 0.1) is 0 Å². The Kier molecular flexibility index (Phi) is 8.72. The van der Waals surface area contributed by atoms with Gasteiger partial charge in [-0.25, -0.2) is 0 Å². The summed E-state index contributed by atoms with van der Waals surface area (Å²) in [7, 11) is 0. The van der Waals surface area contributed by atoms with Gasteiger partial charge in [-0.3, -0.25) is 0 Å². The fourth-order valence-electron chi connectivity index (χ4n) is 0.493. The van der Waals surface area contributed by atoms with Gasteiger partial charge in [-0.15, -0.1) is 0 Å². The zero-order chi connectivity index (χ0) is 6.24. The van der Waals surface area contributed by atoms with Crippen LogP contribution in [0.4, 0.5) is 0 Å². The molecule has 0 atom stereocenters. The molecule has 0 bridgehead atoms. The van der Waals surface area contributed by atoms with Crippen molar-refractivity contribution >= 4 is 26.7 Å². The SMILES string of the molecule is CSCCCC[Se]C. The molecule has 0 aromatic rings. The molecule has 0 N–H and O–H groups in total. The Bertz CT molecular complexity index is 33.5. The van der Waals surface area contributed by atoms with Crippen LogP contribution in [0.15, 0.2) is 0 Å². The molecule has 0 amide bonds. The van der Waals surface area contributed by atoms with Crippen LogP contribution in [-0.4, -0.2) is 27.0 Å². The first-order valence-electron chi connectivity index (χ1n) is 2.89. The first kappa shape index (κ1) is 8.87. The van der Waals surface area contributed by atoms with Crippen LogP contribution in [0.1, 0.15) is 12.8 Å². The van der Waals surface area contributed by atoms with E-state index in [1.807, 2.05) is 11.8 Å². The molecule has 0 aromatic carbocycles. The summed E-state index contributed by atoms with van der Waals surface area (Å²) in [5.41, 5.74) is 0. The van der Waals surface area contributed by atoms with E-state index in [1.165, 1.54) is 23.9 Å². The molecule has 0 aliphatic rings. The number of rotatable bonds is 5. The van der Waals surface area contributed by atoms with E-state index in [-0.39, 0.29) is 0 Å². The standard InChI is InChI=1S/C6H14SSe/c1-7-5-3-4-6-8-2/h3-6H2,1-2H3. The van der Waals surface area contributed by atoms with Gasteiger partial charge >= 0.3 is 62.7 Å². The molecule has 0 aliphatic heterocycles. The molecule has 0 nitrogen and oxygen atoms in total. The van der Waals surface area contributed by atoms with Crippen molar-refractivity contribution in [3.8, 4) is 0 Å². The van der Waals surface area contributed by atoms with Gasteiger partial charge in [-0.2, -0.15) is 0 Å². The zero-order valence-corrected chi connectivity index (χ0v) is 8.17. The minimum atomic E-state index is 0.915. The topological polar surface area (TPSA) is 0 Å². The van der Waals surface area contributed by atoms with Gasteiger partial charge in [-0.05, 0) is 0 Å². The molecule has 0 saturated carbocycles. The van der Waals surface area contributed by atoms with Gasteiger partial charge in [0, 0.05) is 0 Å². The molecular formula is C6H14SSe. The van der Waals surface area contributed by atoms with E-state index in [2.05, 4.69) is 12.1 Å². The summed E-state index contributed by atoms with van der Waals surface area (Å²) in [5.74, 6) is 3.67. The second-order valence-corrected chi connectivity index (χ2v) is 4.75. The average molecular weight is 197 g/mol. The van der Waals surface area contributed by atoms with Crippen LogP contribution in [0.3, 0.4) is 0 Å². The van der Waals surface area contributed by atoms with E-state index in [1.54, 1.807) is 0 Å². The summed E-state index contributed by atoms with van der Waals surface area (Å²) < 4.78 is 0. The number of hydrogen-bond acceptors (Lipinski definition) is 1. The van der Waals surface area contributed by atoms with Crippen LogP contribution in [0.2, 0.25) is 11.1 Å².